The Morgan fingerprint density at radius 3 is 2.65 bits per heavy atom. The molecule has 0 bridgehead atoms. The summed E-state index contributed by atoms with van der Waals surface area (Å²) in [5.74, 6) is 0. The van der Waals surface area contributed by atoms with Crippen LogP contribution in [0, 0.1) is 0 Å². The minimum atomic E-state index is 0.497. The van der Waals surface area contributed by atoms with Crippen molar-refractivity contribution in [3.8, 4) is 0 Å². The fourth-order valence-corrected chi connectivity index (χ4v) is 2.84. The van der Waals surface area contributed by atoms with Crippen molar-refractivity contribution in [2.24, 2.45) is 5.73 Å². The molecule has 1 heterocycles. The van der Waals surface area contributed by atoms with Crippen LogP contribution in [-0.4, -0.2) is 24.0 Å². The van der Waals surface area contributed by atoms with Gasteiger partial charge in [0, 0.05) is 18.6 Å². The van der Waals surface area contributed by atoms with Gasteiger partial charge in [-0.15, -0.1) is 0 Å². The van der Waals surface area contributed by atoms with Crippen molar-refractivity contribution in [3.05, 3.63) is 35.4 Å². The first-order valence-corrected chi connectivity index (χ1v) is 6.81. The Balaban J connectivity index is 2.10. The SMILES string of the molecule is CCc1ccc(C(C)N2CCCC2CN)cc1. The van der Waals surface area contributed by atoms with E-state index < -0.39 is 0 Å². The van der Waals surface area contributed by atoms with Gasteiger partial charge in [0.1, 0.15) is 0 Å². The maximum atomic E-state index is 5.84. The molecule has 0 aromatic heterocycles. The molecule has 0 aliphatic carbocycles. The average Bonchev–Trinajstić information content (AvgIpc) is 2.86. The van der Waals surface area contributed by atoms with Crippen LogP contribution in [0.25, 0.3) is 0 Å². The van der Waals surface area contributed by atoms with E-state index in [-0.39, 0.29) is 0 Å². The van der Waals surface area contributed by atoms with Gasteiger partial charge in [-0.2, -0.15) is 0 Å². The second-order valence-electron chi connectivity index (χ2n) is 5.04. The Morgan fingerprint density at radius 2 is 2.06 bits per heavy atom. The summed E-state index contributed by atoms with van der Waals surface area (Å²) in [6, 6.07) is 10.1. The van der Waals surface area contributed by atoms with Gasteiger partial charge < -0.3 is 5.73 Å². The van der Waals surface area contributed by atoms with Crippen molar-refractivity contribution in [2.45, 2.75) is 45.2 Å². The van der Waals surface area contributed by atoms with Crippen LogP contribution in [0.4, 0.5) is 0 Å². The van der Waals surface area contributed by atoms with Crippen molar-refractivity contribution in [1.29, 1.82) is 0 Å². The molecule has 1 aliphatic heterocycles. The van der Waals surface area contributed by atoms with E-state index in [2.05, 4.69) is 43.0 Å². The molecule has 1 aromatic carbocycles. The lowest BCUT2D eigenvalue weighted by Crippen LogP contribution is -2.37. The quantitative estimate of drug-likeness (QED) is 0.865. The summed E-state index contributed by atoms with van der Waals surface area (Å²) in [6.07, 6.45) is 3.66. The molecule has 0 amide bonds. The van der Waals surface area contributed by atoms with Gasteiger partial charge >= 0.3 is 0 Å². The van der Waals surface area contributed by atoms with Crippen molar-refractivity contribution in [2.75, 3.05) is 13.1 Å². The minimum absolute atomic E-state index is 0.497. The highest BCUT2D eigenvalue weighted by molar-refractivity contribution is 5.25. The van der Waals surface area contributed by atoms with Crippen LogP contribution >= 0.6 is 0 Å². The molecule has 0 radical (unpaired) electrons. The lowest BCUT2D eigenvalue weighted by molar-refractivity contribution is 0.197. The maximum absolute atomic E-state index is 5.84. The number of nitrogens with zero attached hydrogens (tertiary/aromatic N) is 1. The van der Waals surface area contributed by atoms with Crippen LogP contribution in [0.5, 0.6) is 0 Å². The van der Waals surface area contributed by atoms with E-state index in [1.807, 2.05) is 0 Å². The van der Waals surface area contributed by atoms with E-state index in [4.69, 9.17) is 5.73 Å². The van der Waals surface area contributed by atoms with Gasteiger partial charge in [-0.3, -0.25) is 4.90 Å². The summed E-state index contributed by atoms with van der Waals surface area (Å²) in [6.45, 7) is 6.48. The Hall–Kier alpha value is -0.860. The Labute approximate surface area is 105 Å². The fourth-order valence-electron chi connectivity index (χ4n) is 2.84. The van der Waals surface area contributed by atoms with E-state index in [0.29, 0.717) is 12.1 Å². The molecule has 94 valence electrons. The molecule has 1 saturated heterocycles. The second-order valence-corrected chi connectivity index (χ2v) is 5.04. The molecule has 1 aliphatic rings. The minimum Gasteiger partial charge on any atom is -0.329 e. The normalized spacial score (nSPS) is 22.9. The first-order chi connectivity index (χ1) is 8.26. The van der Waals surface area contributed by atoms with E-state index in [1.54, 1.807) is 0 Å². The Morgan fingerprint density at radius 1 is 1.35 bits per heavy atom. The number of likely N-dealkylation sites (tertiary alicyclic amines) is 1. The third-order valence-corrected chi connectivity index (χ3v) is 4.06. The van der Waals surface area contributed by atoms with Crippen LogP contribution in [0.15, 0.2) is 24.3 Å². The summed E-state index contributed by atoms with van der Waals surface area (Å²) in [7, 11) is 0. The van der Waals surface area contributed by atoms with Crippen molar-refractivity contribution < 1.29 is 0 Å². The van der Waals surface area contributed by atoms with Gasteiger partial charge in [0.15, 0.2) is 0 Å². The third kappa shape index (κ3) is 2.70. The van der Waals surface area contributed by atoms with E-state index in [9.17, 15) is 0 Å². The largest absolute Gasteiger partial charge is 0.329 e. The zero-order valence-corrected chi connectivity index (χ0v) is 11.0. The van der Waals surface area contributed by atoms with Crippen molar-refractivity contribution >= 4 is 0 Å². The summed E-state index contributed by atoms with van der Waals surface area (Å²) in [5, 5.41) is 0. The molecule has 0 spiro atoms. The van der Waals surface area contributed by atoms with E-state index in [1.165, 1.54) is 30.5 Å². The number of rotatable bonds is 4. The first kappa shape index (κ1) is 12.6. The average molecular weight is 232 g/mol. The molecular weight excluding hydrogens is 208 g/mol. The maximum Gasteiger partial charge on any atom is 0.0323 e. The van der Waals surface area contributed by atoms with Crippen LogP contribution < -0.4 is 5.73 Å². The van der Waals surface area contributed by atoms with Crippen LogP contribution in [0.3, 0.4) is 0 Å². The molecule has 17 heavy (non-hydrogen) atoms. The number of benzene rings is 1. The number of nitrogens with two attached hydrogens (primary N) is 1. The second kappa shape index (κ2) is 5.65. The molecule has 0 saturated carbocycles. The zero-order chi connectivity index (χ0) is 12.3. The Kier molecular flexibility index (Phi) is 4.19. The topological polar surface area (TPSA) is 29.3 Å². The number of aryl methyl sites for hydroxylation is 1. The van der Waals surface area contributed by atoms with Crippen LogP contribution in [0.1, 0.15) is 43.9 Å². The summed E-state index contributed by atoms with van der Waals surface area (Å²) in [4.78, 5) is 2.56. The highest BCUT2D eigenvalue weighted by atomic mass is 15.2. The molecule has 2 heteroatoms. The zero-order valence-electron chi connectivity index (χ0n) is 11.0. The predicted octanol–water partition coefficient (Wildman–Crippen LogP) is 2.73. The van der Waals surface area contributed by atoms with Crippen LogP contribution in [0.2, 0.25) is 0 Å². The molecular formula is C15H24N2. The standard InChI is InChI=1S/C15H24N2/c1-3-13-6-8-14(9-7-13)12(2)17-10-4-5-15(17)11-16/h6-9,12,15H,3-5,10-11,16H2,1-2H3. The summed E-state index contributed by atoms with van der Waals surface area (Å²) < 4.78 is 0. The highest BCUT2D eigenvalue weighted by Gasteiger charge is 2.27. The Bertz CT molecular complexity index is 344. The van der Waals surface area contributed by atoms with Crippen molar-refractivity contribution in [3.63, 3.8) is 0 Å². The summed E-state index contributed by atoms with van der Waals surface area (Å²) >= 11 is 0. The van der Waals surface area contributed by atoms with Gasteiger partial charge in [-0.1, -0.05) is 31.2 Å². The molecule has 1 aromatic rings. The van der Waals surface area contributed by atoms with Gasteiger partial charge in [-0.05, 0) is 43.9 Å². The van der Waals surface area contributed by atoms with Crippen molar-refractivity contribution in [1.82, 2.24) is 4.90 Å². The number of hydrogen-bond acceptors (Lipinski definition) is 2. The van der Waals surface area contributed by atoms with Crippen LogP contribution in [-0.2, 0) is 6.42 Å². The van der Waals surface area contributed by atoms with Gasteiger partial charge in [0.25, 0.3) is 0 Å². The van der Waals surface area contributed by atoms with E-state index in [0.717, 1.165) is 13.0 Å². The number of hydrogen-bond donors (Lipinski definition) is 1. The lowest BCUT2D eigenvalue weighted by Gasteiger charge is -2.30. The summed E-state index contributed by atoms with van der Waals surface area (Å²) in [5.41, 5.74) is 8.68. The highest BCUT2D eigenvalue weighted by Crippen LogP contribution is 2.28. The van der Waals surface area contributed by atoms with E-state index >= 15 is 0 Å². The molecule has 1 fully saturated rings. The van der Waals surface area contributed by atoms with Gasteiger partial charge in [0.2, 0.25) is 0 Å². The fraction of sp³-hybridized carbons (Fsp3) is 0.600. The third-order valence-electron chi connectivity index (χ3n) is 4.06. The molecule has 2 nitrogen and oxygen atoms in total. The lowest BCUT2D eigenvalue weighted by atomic mass is 10.0. The molecule has 2 N–H and O–H groups in total. The first-order valence-electron chi connectivity index (χ1n) is 6.81. The molecule has 2 atom stereocenters. The molecule has 2 unspecified atom stereocenters. The molecule has 2 rings (SSSR count). The van der Waals surface area contributed by atoms with Gasteiger partial charge in [0.05, 0.1) is 0 Å². The van der Waals surface area contributed by atoms with Gasteiger partial charge in [-0.25, -0.2) is 0 Å². The smallest absolute Gasteiger partial charge is 0.0323 e. The monoisotopic (exact) mass is 232 g/mol. The predicted molar refractivity (Wildman–Crippen MR) is 73.0 cm³/mol.